The number of pyridine rings is 1. The number of anilines is 1. The third-order valence-corrected chi connectivity index (χ3v) is 5.63. The summed E-state index contributed by atoms with van der Waals surface area (Å²) in [5.74, 6) is 0.810. The van der Waals surface area contributed by atoms with Crippen LogP contribution < -0.4 is 10.1 Å². The van der Waals surface area contributed by atoms with Crippen molar-refractivity contribution in [3.05, 3.63) is 102 Å². The van der Waals surface area contributed by atoms with Crippen molar-refractivity contribution >= 4 is 22.6 Å². The van der Waals surface area contributed by atoms with Crippen LogP contribution in [0.25, 0.3) is 10.8 Å². The lowest BCUT2D eigenvalue weighted by Gasteiger charge is -2.17. The third kappa shape index (κ3) is 6.56. The monoisotopic (exact) mass is 440 g/mol. The second kappa shape index (κ2) is 11.1. The molecule has 5 heteroatoms. The third-order valence-electron chi connectivity index (χ3n) is 5.63. The number of nitrogens with zero attached hydrogens (tertiary/aromatic N) is 1. The normalized spacial score (nSPS) is 11.8. The van der Waals surface area contributed by atoms with E-state index in [-0.39, 0.29) is 12.3 Å². The molecule has 2 N–H and O–H groups in total. The average Bonchev–Trinajstić information content (AvgIpc) is 2.84. The first kappa shape index (κ1) is 22.3. The Labute approximate surface area is 194 Å². The van der Waals surface area contributed by atoms with Crippen molar-refractivity contribution in [3.8, 4) is 5.75 Å². The zero-order valence-corrected chi connectivity index (χ0v) is 18.5. The van der Waals surface area contributed by atoms with E-state index in [0.29, 0.717) is 13.0 Å². The molecule has 0 amide bonds. The molecule has 0 aliphatic carbocycles. The minimum Gasteiger partial charge on any atom is -0.494 e. The van der Waals surface area contributed by atoms with Crippen molar-refractivity contribution in [3.63, 3.8) is 0 Å². The van der Waals surface area contributed by atoms with Gasteiger partial charge in [-0.05, 0) is 64.9 Å². The van der Waals surface area contributed by atoms with Gasteiger partial charge < -0.3 is 15.2 Å². The van der Waals surface area contributed by atoms with E-state index >= 15 is 0 Å². The summed E-state index contributed by atoms with van der Waals surface area (Å²) in [6.45, 7) is 1.40. The molecule has 168 valence electrons. The highest BCUT2D eigenvalue weighted by Gasteiger charge is 2.17. The van der Waals surface area contributed by atoms with Gasteiger partial charge in [0.2, 0.25) is 0 Å². The van der Waals surface area contributed by atoms with E-state index in [4.69, 9.17) is 4.74 Å². The van der Waals surface area contributed by atoms with E-state index in [9.17, 15) is 9.90 Å². The van der Waals surface area contributed by atoms with Gasteiger partial charge in [0, 0.05) is 12.7 Å². The van der Waals surface area contributed by atoms with Crippen molar-refractivity contribution in [1.29, 1.82) is 0 Å². The fraction of sp³-hybridized carbons (Fsp3) is 0.214. The number of carbonyl (C=O) groups is 1. The van der Waals surface area contributed by atoms with Crippen LogP contribution in [0.2, 0.25) is 0 Å². The molecule has 0 saturated heterocycles. The first-order valence-electron chi connectivity index (χ1n) is 11.2. The Morgan fingerprint density at radius 1 is 0.939 bits per heavy atom. The molecular weight excluding hydrogens is 412 g/mol. The fourth-order valence-electron chi connectivity index (χ4n) is 3.93. The molecule has 3 aromatic carbocycles. The predicted octanol–water partition coefficient (Wildman–Crippen LogP) is 5.92. The van der Waals surface area contributed by atoms with Gasteiger partial charge >= 0.3 is 5.97 Å². The molecule has 4 aromatic rings. The summed E-state index contributed by atoms with van der Waals surface area (Å²) in [6.07, 6.45) is 3.39. The number of aliphatic carboxylic acids is 1. The quantitative estimate of drug-likeness (QED) is 0.283. The Hall–Kier alpha value is -3.86. The van der Waals surface area contributed by atoms with Gasteiger partial charge in [0.1, 0.15) is 11.6 Å². The van der Waals surface area contributed by atoms with Crippen LogP contribution in [0.15, 0.2) is 91.1 Å². The highest BCUT2D eigenvalue weighted by atomic mass is 16.5. The average molecular weight is 441 g/mol. The van der Waals surface area contributed by atoms with Crippen LogP contribution in [0.5, 0.6) is 5.75 Å². The summed E-state index contributed by atoms with van der Waals surface area (Å²) in [5, 5.41) is 15.0. The Balaban J connectivity index is 1.32. The van der Waals surface area contributed by atoms with Gasteiger partial charge in [0.15, 0.2) is 0 Å². The topological polar surface area (TPSA) is 71.5 Å². The Kier molecular flexibility index (Phi) is 7.54. The van der Waals surface area contributed by atoms with Crippen LogP contribution in [0, 0.1) is 0 Å². The van der Waals surface area contributed by atoms with Gasteiger partial charge in [-0.3, -0.25) is 4.79 Å². The van der Waals surface area contributed by atoms with Crippen LogP contribution in [-0.2, 0) is 11.2 Å². The van der Waals surface area contributed by atoms with Crippen molar-refractivity contribution < 1.29 is 14.6 Å². The molecular formula is C28H28N2O3. The number of nitrogens with one attached hydrogen (secondary N) is 1. The summed E-state index contributed by atoms with van der Waals surface area (Å²) < 4.78 is 5.85. The maximum Gasteiger partial charge on any atom is 0.303 e. The predicted molar refractivity (Wildman–Crippen MR) is 132 cm³/mol. The Morgan fingerprint density at radius 3 is 2.48 bits per heavy atom. The zero-order chi connectivity index (χ0) is 22.9. The number of fused-ring (bicyclic) bond motifs is 1. The van der Waals surface area contributed by atoms with Gasteiger partial charge in [-0.2, -0.15) is 0 Å². The van der Waals surface area contributed by atoms with Crippen molar-refractivity contribution in [2.75, 3.05) is 18.5 Å². The standard InChI is InChI=1S/C28H28N2O3/c31-28(32)20-25(24-12-11-22-6-1-2-7-23(22)19-24)18-21-9-13-26(14-10-21)33-17-5-16-30-27-8-3-4-15-29-27/h1-4,6-15,19,25H,5,16-18,20H2,(H,29,30)(H,31,32). The lowest BCUT2D eigenvalue weighted by atomic mass is 9.88. The second-order valence-electron chi connectivity index (χ2n) is 8.09. The summed E-state index contributed by atoms with van der Waals surface area (Å²) in [5.41, 5.74) is 2.15. The van der Waals surface area contributed by atoms with Crippen molar-refractivity contribution in [2.24, 2.45) is 0 Å². The molecule has 0 saturated carbocycles. The number of hydrogen-bond acceptors (Lipinski definition) is 4. The van der Waals surface area contributed by atoms with Crippen LogP contribution in [-0.4, -0.2) is 29.2 Å². The molecule has 0 aliphatic rings. The van der Waals surface area contributed by atoms with Gasteiger partial charge in [0.05, 0.1) is 13.0 Å². The number of carboxylic acid groups (broad SMARTS) is 1. The van der Waals surface area contributed by atoms with Gasteiger partial charge in [-0.15, -0.1) is 0 Å². The van der Waals surface area contributed by atoms with Crippen LogP contribution in [0.4, 0.5) is 5.82 Å². The van der Waals surface area contributed by atoms with Crippen LogP contribution >= 0.6 is 0 Å². The van der Waals surface area contributed by atoms with E-state index in [1.54, 1.807) is 6.20 Å². The molecule has 0 bridgehead atoms. The number of ether oxygens (including phenoxy) is 1. The van der Waals surface area contributed by atoms with Crippen molar-refractivity contribution in [2.45, 2.75) is 25.2 Å². The Bertz CT molecular complexity index is 1180. The summed E-state index contributed by atoms with van der Waals surface area (Å²) in [6, 6.07) is 28.1. The SMILES string of the molecule is O=C(O)CC(Cc1ccc(OCCCNc2ccccn2)cc1)c1ccc2ccccc2c1. The minimum absolute atomic E-state index is 0.0865. The van der Waals surface area contributed by atoms with Gasteiger partial charge in [-0.25, -0.2) is 4.98 Å². The number of benzene rings is 3. The lowest BCUT2D eigenvalue weighted by Crippen LogP contribution is -2.10. The second-order valence-corrected chi connectivity index (χ2v) is 8.09. The highest BCUT2D eigenvalue weighted by molar-refractivity contribution is 5.83. The number of hydrogen-bond donors (Lipinski definition) is 2. The molecule has 33 heavy (non-hydrogen) atoms. The molecule has 0 radical (unpaired) electrons. The van der Waals surface area contributed by atoms with E-state index < -0.39 is 5.97 Å². The smallest absolute Gasteiger partial charge is 0.303 e. The summed E-state index contributed by atoms with van der Waals surface area (Å²) >= 11 is 0. The maximum atomic E-state index is 11.5. The zero-order valence-electron chi connectivity index (χ0n) is 18.5. The lowest BCUT2D eigenvalue weighted by molar-refractivity contribution is -0.137. The van der Waals surface area contributed by atoms with E-state index in [1.165, 1.54) is 0 Å². The van der Waals surface area contributed by atoms with E-state index in [1.807, 2.05) is 60.7 Å². The molecule has 0 spiro atoms. The molecule has 5 nitrogen and oxygen atoms in total. The minimum atomic E-state index is -0.785. The maximum absolute atomic E-state index is 11.5. The summed E-state index contributed by atoms with van der Waals surface area (Å²) in [4.78, 5) is 15.8. The first-order valence-corrected chi connectivity index (χ1v) is 11.2. The summed E-state index contributed by atoms with van der Waals surface area (Å²) in [7, 11) is 0. The largest absolute Gasteiger partial charge is 0.494 e. The Morgan fingerprint density at radius 2 is 1.73 bits per heavy atom. The molecule has 0 aliphatic heterocycles. The number of carboxylic acids is 1. The first-order chi connectivity index (χ1) is 16.2. The number of rotatable bonds is 11. The van der Waals surface area contributed by atoms with E-state index in [2.05, 4.69) is 34.6 Å². The fourth-order valence-corrected chi connectivity index (χ4v) is 3.93. The van der Waals surface area contributed by atoms with Gasteiger partial charge in [0.25, 0.3) is 0 Å². The molecule has 1 aromatic heterocycles. The van der Waals surface area contributed by atoms with E-state index in [0.717, 1.165) is 46.4 Å². The molecule has 1 heterocycles. The molecule has 4 rings (SSSR count). The van der Waals surface area contributed by atoms with Crippen molar-refractivity contribution in [1.82, 2.24) is 4.98 Å². The van der Waals surface area contributed by atoms with Crippen LogP contribution in [0.3, 0.4) is 0 Å². The molecule has 0 fully saturated rings. The molecule has 1 atom stereocenters. The number of aromatic nitrogens is 1. The highest BCUT2D eigenvalue weighted by Crippen LogP contribution is 2.28. The van der Waals surface area contributed by atoms with Gasteiger partial charge in [-0.1, -0.05) is 60.7 Å². The molecule has 1 unspecified atom stereocenters. The van der Waals surface area contributed by atoms with Crippen LogP contribution in [0.1, 0.15) is 29.9 Å².